The molecule has 1 heterocycles. The Kier molecular flexibility index (Phi) is 3.64. The average molecular weight is 281 g/mol. The summed E-state index contributed by atoms with van der Waals surface area (Å²) < 4.78 is 14.3. The highest BCUT2D eigenvalue weighted by molar-refractivity contribution is 5.85. The van der Waals surface area contributed by atoms with Crippen LogP contribution in [0.5, 0.6) is 0 Å². The van der Waals surface area contributed by atoms with Crippen LogP contribution in [-0.2, 0) is 0 Å². The molecular weight excluding hydrogens is 265 g/mol. The molecule has 0 aliphatic carbocycles. The molecule has 0 aliphatic rings. The number of aromatic nitrogens is 1. The number of halogens is 1. The number of hydrogen-bond donors (Lipinski definition) is 2. The van der Waals surface area contributed by atoms with Crippen molar-refractivity contribution in [3.05, 3.63) is 77.4 Å². The molecule has 4 heteroatoms. The maximum absolute atomic E-state index is 14.3. The smallest absolute Gasteiger partial charge is 0.128 e. The van der Waals surface area contributed by atoms with Gasteiger partial charge in [0.15, 0.2) is 0 Å². The maximum atomic E-state index is 14.3. The van der Waals surface area contributed by atoms with E-state index in [0.717, 1.165) is 21.9 Å². The lowest BCUT2D eigenvalue weighted by atomic mass is 9.94. The van der Waals surface area contributed by atoms with Crippen LogP contribution in [0.2, 0.25) is 0 Å². The second-order valence-corrected chi connectivity index (χ2v) is 5.07. The molecule has 3 aromatic rings. The Morgan fingerprint density at radius 3 is 2.76 bits per heavy atom. The number of aryl methyl sites for hydroxylation is 1. The second-order valence-electron chi connectivity index (χ2n) is 5.07. The standard InChI is InChI=1S/C17H16FN3/c1-11-5-6-15(16(18)9-11)17(21-19)14-4-2-3-12-10-20-8-7-13(12)14/h2-10,17,21H,19H2,1H3. The monoisotopic (exact) mass is 281 g/mol. The fourth-order valence-corrected chi connectivity index (χ4v) is 2.61. The Bertz CT molecular complexity index is 781. The summed E-state index contributed by atoms with van der Waals surface area (Å²) in [5.41, 5.74) is 5.08. The zero-order chi connectivity index (χ0) is 14.8. The van der Waals surface area contributed by atoms with Gasteiger partial charge in [0.1, 0.15) is 5.82 Å². The predicted octanol–water partition coefficient (Wildman–Crippen LogP) is 3.24. The summed E-state index contributed by atoms with van der Waals surface area (Å²) >= 11 is 0. The minimum absolute atomic E-state index is 0.260. The van der Waals surface area contributed by atoms with Crippen LogP contribution in [0, 0.1) is 12.7 Å². The van der Waals surface area contributed by atoms with Gasteiger partial charge in [0.05, 0.1) is 6.04 Å². The zero-order valence-corrected chi connectivity index (χ0v) is 11.7. The van der Waals surface area contributed by atoms with Crippen LogP contribution in [-0.4, -0.2) is 4.98 Å². The summed E-state index contributed by atoms with van der Waals surface area (Å²) in [5, 5.41) is 2.01. The van der Waals surface area contributed by atoms with E-state index >= 15 is 0 Å². The molecule has 106 valence electrons. The molecule has 0 saturated carbocycles. The van der Waals surface area contributed by atoms with Crippen molar-refractivity contribution < 1.29 is 4.39 Å². The van der Waals surface area contributed by atoms with E-state index in [1.165, 1.54) is 6.07 Å². The molecule has 3 nitrogen and oxygen atoms in total. The first-order chi connectivity index (χ1) is 10.2. The van der Waals surface area contributed by atoms with Gasteiger partial charge in [0.2, 0.25) is 0 Å². The Labute approximate surface area is 122 Å². The average Bonchev–Trinajstić information content (AvgIpc) is 2.50. The first-order valence-corrected chi connectivity index (χ1v) is 6.75. The zero-order valence-electron chi connectivity index (χ0n) is 11.7. The maximum Gasteiger partial charge on any atom is 0.128 e. The van der Waals surface area contributed by atoms with Gasteiger partial charge in [0, 0.05) is 23.3 Å². The fourth-order valence-electron chi connectivity index (χ4n) is 2.61. The van der Waals surface area contributed by atoms with Crippen molar-refractivity contribution in [2.45, 2.75) is 13.0 Å². The van der Waals surface area contributed by atoms with Crippen LogP contribution >= 0.6 is 0 Å². The van der Waals surface area contributed by atoms with Gasteiger partial charge in [-0.3, -0.25) is 10.8 Å². The van der Waals surface area contributed by atoms with E-state index < -0.39 is 6.04 Å². The summed E-state index contributed by atoms with van der Waals surface area (Å²) in [6, 6.07) is 12.5. The summed E-state index contributed by atoms with van der Waals surface area (Å²) in [5.74, 6) is 5.44. The number of hydrazine groups is 1. The molecule has 0 fully saturated rings. The molecule has 3 N–H and O–H groups in total. The Hall–Kier alpha value is -2.30. The van der Waals surface area contributed by atoms with Crippen LogP contribution in [0.3, 0.4) is 0 Å². The largest absolute Gasteiger partial charge is 0.271 e. The number of nitrogens with two attached hydrogens (primary N) is 1. The van der Waals surface area contributed by atoms with E-state index in [2.05, 4.69) is 10.4 Å². The van der Waals surface area contributed by atoms with Crippen LogP contribution in [0.15, 0.2) is 54.9 Å². The number of hydrogen-bond acceptors (Lipinski definition) is 3. The first kappa shape index (κ1) is 13.7. The number of nitrogens with one attached hydrogen (secondary N) is 1. The molecule has 3 rings (SSSR count). The predicted molar refractivity (Wildman–Crippen MR) is 82.0 cm³/mol. The number of pyridine rings is 1. The SMILES string of the molecule is Cc1ccc(C(NN)c2cccc3cnccc23)c(F)c1. The first-order valence-electron chi connectivity index (χ1n) is 6.75. The molecular formula is C17H16FN3. The quantitative estimate of drug-likeness (QED) is 0.572. The molecule has 2 aromatic carbocycles. The Balaban J connectivity index is 2.18. The van der Waals surface area contributed by atoms with Crippen molar-refractivity contribution >= 4 is 10.8 Å². The normalized spacial score (nSPS) is 12.5. The highest BCUT2D eigenvalue weighted by Gasteiger charge is 2.18. The minimum Gasteiger partial charge on any atom is -0.271 e. The van der Waals surface area contributed by atoms with Gasteiger partial charge in [-0.2, -0.15) is 0 Å². The molecule has 1 atom stereocenters. The number of rotatable bonds is 3. The van der Waals surface area contributed by atoms with E-state index in [-0.39, 0.29) is 5.82 Å². The Morgan fingerprint density at radius 2 is 2.00 bits per heavy atom. The van der Waals surface area contributed by atoms with E-state index in [4.69, 9.17) is 5.84 Å². The van der Waals surface area contributed by atoms with Crippen molar-refractivity contribution in [3.8, 4) is 0 Å². The van der Waals surface area contributed by atoms with Crippen molar-refractivity contribution in [1.29, 1.82) is 0 Å². The number of benzene rings is 2. The van der Waals surface area contributed by atoms with Crippen LogP contribution in [0.25, 0.3) is 10.8 Å². The van der Waals surface area contributed by atoms with Gasteiger partial charge >= 0.3 is 0 Å². The van der Waals surface area contributed by atoms with Crippen molar-refractivity contribution in [3.63, 3.8) is 0 Å². The van der Waals surface area contributed by atoms with Gasteiger partial charge in [-0.25, -0.2) is 9.82 Å². The van der Waals surface area contributed by atoms with Crippen LogP contribution < -0.4 is 11.3 Å². The van der Waals surface area contributed by atoms with Crippen LogP contribution in [0.4, 0.5) is 4.39 Å². The van der Waals surface area contributed by atoms with Gasteiger partial charge in [-0.1, -0.05) is 30.3 Å². The summed E-state index contributed by atoms with van der Waals surface area (Å²) in [6.45, 7) is 1.86. The molecule has 0 radical (unpaired) electrons. The second kappa shape index (κ2) is 5.60. The summed E-state index contributed by atoms with van der Waals surface area (Å²) in [7, 11) is 0. The van der Waals surface area contributed by atoms with Crippen LogP contribution in [0.1, 0.15) is 22.7 Å². The highest BCUT2D eigenvalue weighted by atomic mass is 19.1. The lowest BCUT2D eigenvalue weighted by Gasteiger charge is -2.19. The summed E-state index contributed by atoms with van der Waals surface area (Å²) in [4.78, 5) is 4.12. The highest BCUT2D eigenvalue weighted by Crippen LogP contribution is 2.29. The number of fused-ring (bicyclic) bond motifs is 1. The molecule has 0 bridgehead atoms. The van der Waals surface area contributed by atoms with Gasteiger partial charge < -0.3 is 0 Å². The minimum atomic E-state index is -0.406. The van der Waals surface area contributed by atoms with E-state index in [1.54, 1.807) is 18.5 Å². The molecule has 0 saturated heterocycles. The van der Waals surface area contributed by atoms with Crippen molar-refractivity contribution in [1.82, 2.24) is 10.4 Å². The molecule has 1 unspecified atom stereocenters. The van der Waals surface area contributed by atoms with Gasteiger partial charge in [-0.15, -0.1) is 0 Å². The Morgan fingerprint density at radius 1 is 1.14 bits per heavy atom. The fraction of sp³-hybridized carbons (Fsp3) is 0.118. The van der Waals surface area contributed by atoms with E-state index in [0.29, 0.717) is 5.56 Å². The molecule has 0 spiro atoms. The van der Waals surface area contributed by atoms with E-state index in [1.807, 2.05) is 37.3 Å². The third-order valence-electron chi connectivity index (χ3n) is 3.66. The van der Waals surface area contributed by atoms with Crippen molar-refractivity contribution in [2.24, 2.45) is 5.84 Å². The van der Waals surface area contributed by atoms with Crippen molar-refractivity contribution in [2.75, 3.05) is 0 Å². The third-order valence-corrected chi connectivity index (χ3v) is 3.66. The third kappa shape index (κ3) is 2.51. The summed E-state index contributed by atoms with van der Waals surface area (Å²) in [6.07, 6.45) is 3.52. The lowest BCUT2D eigenvalue weighted by molar-refractivity contribution is 0.561. The van der Waals surface area contributed by atoms with Gasteiger partial charge in [-0.05, 0) is 35.6 Å². The molecule has 0 aliphatic heterocycles. The molecule has 21 heavy (non-hydrogen) atoms. The lowest BCUT2D eigenvalue weighted by Crippen LogP contribution is -2.29. The topological polar surface area (TPSA) is 50.9 Å². The number of nitrogens with zero attached hydrogens (tertiary/aromatic N) is 1. The molecule has 1 aromatic heterocycles. The molecule has 0 amide bonds. The van der Waals surface area contributed by atoms with E-state index in [9.17, 15) is 4.39 Å². The van der Waals surface area contributed by atoms with Gasteiger partial charge in [0.25, 0.3) is 0 Å².